The van der Waals surface area contributed by atoms with Gasteiger partial charge >= 0.3 is 0 Å². The molecule has 0 N–H and O–H groups in total. The Balaban J connectivity index is 2.00. The van der Waals surface area contributed by atoms with Gasteiger partial charge in [0.1, 0.15) is 0 Å². The van der Waals surface area contributed by atoms with Gasteiger partial charge in [-0.3, -0.25) is 0 Å². The van der Waals surface area contributed by atoms with E-state index in [0.717, 1.165) is 11.1 Å². The molecule has 0 fully saturated rings. The summed E-state index contributed by atoms with van der Waals surface area (Å²) in [6.45, 7) is 0. The predicted octanol–water partition coefficient (Wildman–Crippen LogP) is 4.29. The van der Waals surface area contributed by atoms with E-state index in [0.29, 0.717) is 4.90 Å². The van der Waals surface area contributed by atoms with Gasteiger partial charge in [0.05, 0.1) is 10.6 Å². The molecule has 23 heavy (non-hydrogen) atoms. The smallest absolute Gasteiger partial charge is 0.179 e. The van der Waals surface area contributed by atoms with Crippen molar-refractivity contribution >= 4 is 9.84 Å². The highest BCUT2D eigenvalue weighted by Crippen LogP contribution is 2.28. The Bertz CT molecular complexity index is 802. The van der Waals surface area contributed by atoms with Gasteiger partial charge in [0, 0.05) is 5.92 Å². The Kier molecular flexibility index (Phi) is 4.58. The first-order chi connectivity index (χ1) is 11.2. The second kappa shape index (κ2) is 6.80. The summed E-state index contributed by atoms with van der Waals surface area (Å²) in [5, 5.41) is 0. The summed E-state index contributed by atoms with van der Waals surface area (Å²) in [5.41, 5.74) is 2.02. The highest BCUT2D eigenvalue weighted by atomic mass is 32.2. The fourth-order valence-corrected chi connectivity index (χ4v) is 4.29. The molecule has 2 nitrogen and oxygen atoms in total. The van der Waals surface area contributed by atoms with Gasteiger partial charge in [0.2, 0.25) is 0 Å². The molecule has 3 aromatic carbocycles. The summed E-state index contributed by atoms with van der Waals surface area (Å²) < 4.78 is 25.6. The van der Waals surface area contributed by atoms with Crippen LogP contribution in [0.15, 0.2) is 95.9 Å². The quantitative estimate of drug-likeness (QED) is 0.702. The molecule has 0 amide bonds. The highest BCUT2D eigenvalue weighted by molar-refractivity contribution is 7.91. The monoisotopic (exact) mass is 322 g/mol. The van der Waals surface area contributed by atoms with Gasteiger partial charge in [0.15, 0.2) is 9.84 Å². The van der Waals surface area contributed by atoms with Crippen molar-refractivity contribution in [1.29, 1.82) is 0 Å². The molecule has 0 aromatic heterocycles. The van der Waals surface area contributed by atoms with Gasteiger partial charge in [-0.15, -0.1) is 0 Å². The second-order valence-corrected chi connectivity index (χ2v) is 7.50. The van der Waals surface area contributed by atoms with Crippen LogP contribution in [-0.2, 0) is 9.84 Å². The standard InChI is InChI=1S/C20H18O2S/c21-23(22,19-14-8-3-9-15-19)16-20(17-10-4-1-5-11-17)18-12-6-2-7-13-18/h1-15,20H,16H2. The van der Waals surface area contributed by atoms with E-state index in [4.69, 9.17) is 0 Å². The maximum absolute atomic E-state index is 12.8. The predicted molar refractivity (Wildman–Crippen MR) is 93.2 cm³/mol. The SMILES string of the molecule is O=S(=O)(CC(c1ccccc1)c1ccccc1)c1ccccc1. The molecule has 0 saturated heterocycles. The Morgan fingerprint density at radius 3 is 1.43 bits per heavy atom. The largest absolute Gasteiger partial charge is 0.224 e. The summed E-state index contributed by atoms with van der Waals surface area (Å²) in [6, 6.07) is 28.2. The van der Waals surface area contributed by atoms with E-state index in [2.05, 4.69) is 0 Å². The van der Waals surface area contributed by atoms with Crippen molar-refractivity contribution in [3.63, 3.8) is 0 Å². The van der Waals surface area contributed by atoms with E-state index in [1.54, 1.807) is 24.3 Å². The minimum Gasteiger partial charge on any atom is -0.224 e. The molecular formula is C20H18O2S. The average Bonchev–Trinajstić information content (AvgIpc) is 2.62. The zero-order valence-electron chi connectivity index (χ0n) is 12.7. The van der Waals surface area contributed by atoms with Crippen LogP contribution in [0.25, 0.3) is 0 Å². The summed E-state index contributed by atoms with van der Waals surface area (Å²) >= 11 is 0. The van der Waals surface area contributed by atoms with Crippen molar-refractivity contribution in [3.05, 3.63) is 102 Å². The van der Waals surface area contributed by atoms with Crippen LogP contribution in [0.3, 0.4) is 0 Å². The molecule has 0 saturated carbocycles. The molecule has 0 heterocycles. The molecule has 0 atom stereocenters. The number of hydrogen-bond acceptors (Lipinski definition) is 2. The lowest BCUT2D eigenvalue weighted by molar-refractivity contribution is 0.592. The summed E-state index contributed by atoms with van der Waals surface area (Å²) in [6.07, 6.45) is 0. The van der Waals surface area contributed by atoms with Crippen molar-refractivity contribution in [2.75, 3.05) is 5.75 Å². The van der Waals surface area contributed by atoms with E-state index in [1.807, 2.05) is 66.7 Å². The average molecular weight is 322 g/mol. The van der Waals surface area contributed by atoms with Crippen molar-refractivity contribution in [2.45, 2.75) is 10.8 Å². The lowest BCUT2D eigenvalue weighted by atomic mass is 9.93. The van der Waals surface area contributed by atoms with Crippen LogP contribution in [0.4, 0.5) is 0 Å². The molecule has 116 valence electrons. The summed E-state index contributed by atoms with van der Waals surface area (Å²) in [7, 11) is -3.36. The lowest BCUT2D eigenvalue weighted by Gasteiger charge is -2.18. The van der Waals surface area contributed by atoms with E-state index in [9.17, 15) is 8.42 Å². The Labute approximate surface area is 137 Å². The van der Waals surface area contributed by atoms with E-state index in [-0.39, 0.29) is 11.7 Å². The highest BCUT2D eigenvalue weighted by Gasteiger charge is 2.23. The first-order valence-electron chi connectivity index (χ1n) is 7.54. The van der Waals surface area contributed by atoms with Crippen molar-refractivity contribution < 1.29 is 8.42 Å². The van der Waals surface area contributed by atoms with Crippen LogP contribution in [0.1, 0.15) is 17.0 Å². The number of rotatable bonds is 5. The summed E-state index contributed by atoms with van der Waals surface area (Å²) in [5.74, 6) is -0.118. The second-order valence-electron chi connectivity index (χ2n) is 5.47. The van der Waals surface area contributed by atoms with Crippen molar-refractivity contribution in [1.82, 2.24) is 0 Å². The normalized spacial score (nSPS) is 11.5. The molecular weight excluding hydrogens is 304 g/mol. The molecule has 3 rings (SSSR count). The zero-order chi connectivity index (χ0) is 16.1. The lowest BCUT2D eigenvalue weighted by Crippen LogP contribution is -2.16. The molecule has 3 aromatic rings. The minimum atomic E-state index is -3.36. The number of hydrogen-bond donors (Lipinski definition) is 0. The van der Waals surface area contributed by atoms with Crippen LogP contribution < -0.4 is 0 Å². The third-order valence-electron chi connectivity index (χ3n) is 3.89. The third-order valence-corrected chi connectivity index (χ3v) is 5.65. The number of benzene rings is 3. The first-order valence-corrected chi connectivity index (χ1v) is 9.20. The van der Waals surface area contributed by atoms with Crippen LogP contribution in [-0.4, -0.2) is 14.2 Å². The van der Waals surface area contributed by atoms with Crippen LogP contribution in [0.2, 0.25) is 0 Å². The Morgan fingerprint density at radius 1 is 0.609 bits per heavy atom. The van der Waals surface area contributed by atoms with Crippen molar-refractivity contribution in [2.24, 2.45) is 0 Å². The molecule has 3 heteroatoms. The summed E-state index contributed by atoms with van der Waals surface area (Å²) in [4.78, 5) is 0.372. The topological polar surface area (TPSA) is 34.1 Å². The van der Waals surface area contributed by atoms with Crippen molar-refractivity contribution in [3.8, 4) is 0 Å². The zero-order valence-corrected chi connectivity index (χ0v) is 13.5. The molecule has 0 bridgehead atoms. The van der Waals surface area contributed by atoms with E-state index < -0.39 is 9.84 Å². The van der Waals surface area contributed by atoms with Gasteiger partial charge in [-0.2, -0.15) is 0 Å². The van der Waals surface area contributed by atoms with Crippen LogP contribution >= 0.6 is 0 Å². The maximum atomic E-state index is 12.8. The maximum Gasteiger partial charge on any atom is 0.179 e. The van der Waals surface area contributed by atoms with Gasteiger partial charge < -0.3 is 0 Å². The van der Waals surface area contributed by atoms with E-state index >= 15 is 0 Å². The minimum absolute atomic E-state index is 0.0606. The third kappa shape index (κ3) is 3.69. The molecule has 0 radical (unpaired) electrons. The van der Waals surface area contributed by atoms with Gasteiger partial charge in [-0.25, -0.2) is 8.42 Å². The molecule has 0 spiro atoms. The van der Waals surface area contributed by atoms with Gasteiger partial charge in [-0.05, 0) is 23.3 Å². The first kappa shape index (κ1) is 15.5. The van der Waals surface area contributed by atoms with Gasteiger partial charge in [-0.1, -0.05) is 78.9 Å². The molecule has 0 aliphatic carbocycles. The fraction of sp³-hybridized carbons (Fsp3) is 0.100. The van der Waals surface area contributed by atoms with Crippen LogP contribution in [0, 0.1) is 0 Å². The van der Waals surface area contributed by atoms with Crippen LogP contribution in [0.5, 0.6) is 0 Å². The fourth-order valence-electron chi connectivity index (χ4n) is 2.70. The number of sulfone groups is 1. The van der Waals surface area contributed by atoms with Gasteiger partial charge in [0.25, 0.3) is 0 Å². The molecule has 0 aliphatic rings. The molecule has 0 unspecified atom stereocenters. The Morgan fingerprint density at radius 2 is 1.00 bits per heavy atom. The Hall–Kier alpha value is -2.39. The molecule has 0 aliphatic heterocycles. The van der Waals surface area contributed by atoms with E-state index in [1.165, 1.54) is 0 Å².